The van der Waals surface area contributed by atoms with Crippen LogP contribution in [0.5, 0.6) is 11.6 Å². The highest BCUT2D eigenvalue weighted by atomic mass is 16.5. The maximum Gasteiger partial charge on any atom is 0.229 e. The fourth-order valence-corrected chi connectivity index (χ4v) is 5.35. The van der Waals surface area contributed by atoms with E-state index in [1.807, 2.05) is 61.2 Å². The molecule has 194 valence electrons. The Balaban J connectivity index is 1.35. The summed E-state index contributed by atoms with van der Waals surface area (Å²) in [6.07, 6.45) is 6.58. The molecule has 0 aliphatic carbocycles. The van der Waals surface area contributed by atoms with Crippen LogP contribution in [0, 0.1) is 12.8 Å². The molecule has 2 aromatic heterocycles. The quantitative estimate of drug-likeness (QED) is 0.364. The van der Waals surface area contributed by atoms with Gasteiger partial charge in [-0.2, -0.15) is 0 Å². The van der Waals surface area contributed by atoms with E-state index in [4.69, 9.17) is 9.72 Å². The third-order valence-electron chi connectivity index (χ3n) is 7.48. The summed E-state index contributed by atoms with van der Waals surface area (Å²) in [5.74, 6) is 2.02. The number of amides is 1. The molecular formula is C30H32N6O2. The normalized spacial score (nSPS) is 19.6. The second kappa shape index (κ2) is 10.4. The number of anilines is 2. The van der Waals surface area contributed by atoms with Crippen molar-refractivity contribution in [1.29, 1.82) is 0 Å². The molecule has 38 heavy (non-hydrogen) atoms. The molecule has 0 radical (unpaired) electrons. The smallest absolute Gasteiger partial charge is 0.229 e. The Morgan fingerprint density at radius 3 is 2.76 bits per heavy atom. The summed E-state index contributed by atoms with van der Waals surface area (Å²) in [5, 5.41) is 8.80. The minimum absolute atomic E-state index is 0.0455. The zero-order valence-electron chi connectivity index (χ0n) is 21.8. The number of ether oxygens (including phenoxy) is 1. The Hall–Kier alpha value is -4.04. The largest absolute Gasteiger partial charge is 0.437 e. The molecule has 4 aromatic rings. The van der Waals surface area contributed by atoms with Crippen LogP contribution in [0.3, 0.4) is 0 Å². The Morgan fingerprint density at radius 1 is 1.03 bits per heavy atom. The number of rotatable bonds is 6. The third kappa shape index (κ3) is 4.67. The van der Waals surface area contributed by atoms with Crippen molar-refractivity contribution in [1.82, 2.24) is 20.3 Å². The van der Waals surface area contributed by atoms with Gasteiger partial charge in [0, 0.05) is 48.2 Å². The van der Waals surface area contributed by atoms with Crippen LogP contribution >= 0.6 is 0 Å². The van der Waals surface area contributed by atoms with E-state index in [1.165, 1.54) is 0 Å². The van der Waals surface area contributed by atoms with E-state index in [0.29, 0.717) is 17.9 Å². The number of fused-ring (bicyclic) bond motifs is 1. The number of nitrogens with zero attached hydrogens (tertiary/aromatic N) is 4. The summed E-state index contributed by atoms with van der Waals surface area (Å²) in [6, 6.07) is 16.2. The molecule has 2 fully saturated rings. The highest BCUT2D eigenvalue weighted by Gasteiger charge is 2.30. The molecule has 4 heterocycles. The van der Waals surface area contributed by atoms with E-state index in [-0.39, 0.29) is 11.8 Å². The molecule has 2 saturated heterocycles. The molecule has 2 atom stereocenters. The molecule has 0 bridgehead atoms. The van der Waals surface area contributed by atoms with Crippen molar-refractivity contribution < 1.29 is 9.53 Å². The van der Waals surface area contributed by atoms with Crippen LogP contribution in [0.2, 0.25) is 0 Å². The number of benzene rings is 2. The van der Waals surface area contributed by atoms with Crippen molar-refractivity contribution in [3.63, 3.8) is 0 Å². The summed E-state index contributed by atoms with van der Waals surface area (Å²) in [6.45, 7) is 6.71. The van der Waals surface area contributed by atoms with Crippen LogP contribution in [0.15, 0.2) is 60.9 Å². The minimum Gasteiger partial charge on any atom is -0.437 e. The third-order valence-corrected chi connectivity index (χ3v) is 7.48. The topological polar surface area (TPSA) is 92.3 Å². The van der Waals surface area contributed by atoms with E-state index in [0.717, 1.165) is 77.9 Å². The van der Waals surface area contributed by atoms with Crippen LogP contribution in [0.25, 0.3) is 22.0 Å². The lowest BCUT2D eigenvalue weighted by atomic mass is 10.0. The lowest BCUT2D eigenvalue weighted by Gasteiger charge is -2.23. The predicted octanol–water partition coefficient (Wildman–Crippen LogP) is 5.33. The molecule has 0 saturated carbocycles. The summed E-state index contributed by atoms with van der Waals surface area (Å²) in [7, 11) is 0. The number of hydrogen-bond acceptors (Lipinski definition) is 7. The summed E-state index contributed by atoms with van der Waals surface area (Å²) in [4.78, 5) is 28.5. The van der Waals surface area contributed by atoms with Crippen molar-refractivity contribution in [2.75, 3.05) is 29.9 Å². The number of nitrogens with one attached hydrogen (secondary N) is 2. The Bertz CT molecular complexity index is 1480. The SMILES string of the molecule is Cc1ccc2c(N3CCC(C)C3=O)cccc2c1Oc1ncccc1-c1ccnc(NC2CCCNC2)n1. The molecule has 2 unspecified atom stereocenters. The maximum atomic E-state index is 12.8. The molecular weight excluding hydrogens is 476 g/mol. The average Bonchev–Trinajstić information content (AvgIpc) is 3.28. The van der Waals surface area contributed by atoms with Crippen LogP contribution in [-0.2, 0) is 4.79 Å². The van der Waals surface area contributed by atoms with Gasteiger partial charge in [-0.1, -0.05) is 31.2 Å². The summed E-state index contributed by atoms with van der Waals surface area (Å²) in [5.41, 5.74) is 3.44. The van der Waals surface area contributed by atoms with E-state index < -0.39 is 0 Å². The first kappa shape index (κ1) is 24.3. The minimum atomic E-state index is 0.0455. The van der Waals surface area contributed by atoms with Crippen molar-refractivity contribution in [3.8, 4) is 22.9 Å². The second-order valence-corrected chi connectivity index (χ2v) is 10.2. The Morgan fingerprint density at radius 2 is 1.95 bits per heavy atom. The first-order valence-electron chi connectivity index (χ1n) is 13.4. The Kier molecular flexibility index (Phi) is 6.64. The van der Waals surface area contributed by atoms with Gasteiger partial charge in [0.2, 0.25) is 17.7 Å². The summed E-state index contributed by atoms with van der Waals surface area (Å²) < 4.78 is 6.56. The summed E-state index contributed by atoms with van der Waals surface area (Å²) >= 11 is 0. The zero-order valence-corrected chi connectivity index (χ0v) is 21.8. The zero-order chi connectivity index (χ0) is 26.1. The van der Waals surface area contributed by atoms with Gasteiger partial charge >= 0.3 is 0 Å². The van der Waals surface area contributed by atoms with Crippen LogP contribution in [0.1, 0.15) is 31.7 Å². The van der Waals surface area contributed by atoms with Gasteiger partial charge in [-0.05, 0) is 62.6 Å². The van der Waals surface area contributed by atoms with E-state index in [9.17, 15) is 4.79 Å². The molecule has 0 spiro atoms. The van der Waals surface area contributed by atoms with Crippen molar-refractivity contribution in [3.05, 3.63) is 66.5 Å². The van der Waals surface area contributed by atoms with Gasteiger partial charge in [0.05, 0.1) is 16.9 Å². The van der Waals surface area contributed by atoms with Crippen molar-refractivity contribution >= 4 is 28.3 Å². The molecule has 2 aromatic carbocycles. The highest BCUT2D eigenvalue weighted by molar-refractivity contribution is 6.07. The maximum absolute atomic E-state index is 12.8. The monoisotopic (exact) mass is 508 g/mol. The highest BCUT2D eigenvalue weighted by Crippen LogP contribution is 2.40. The lowest BCUT2D eigenvalue weighted by molar-refractivity contribution is -0.119. The number of carbonyl (C=O) groups is 1. The van der Waals surface area contributed by atoms with Gasteiger partial charge in [-0.15, -0.1) is 0 Å². The number of piperidine rings is 1. The lowest BCUT2D eigenvalue weighted by Crippen LogP contribution is -2.38. The first-order chi connectivity index (χ1) is 18.6. The van der Waals surface area contributed by atoms with Gasteiger partial charge in [0.1, 0.15) is 5.75 Å². The van der Waals surface area contributed by atoms with Crippen LogP contribution < -0.4 is 20.3 Å². The van der Waals surface area contributed by atoms with Gasteiger partial charge < -0.3 is 20.3 Å². The van der Waals surface area contributed by atoms with Crippen molar-refractivity contribution in [2.45, 2.75) is 39.2 Å². The standard InChI is InChI=1S/C30H32N6O2/c1-19-10-11-22-23(7-3-9-26(22)36-17-13-20(2)29(36)37)27(19)38-28-24(8-5-15-32-28)25-12-16-33-30(35-25)34-21-6-4-14-31-18-21/h3,5,7-12,15-16,20-21,31H,4,6,13-14,17-18H2,1-2H3,(H,33,34,35). The second-order valence-electron chi connectivity index (χ2n) is 10.2. The molecule has 1 amide bonds. The number of pyridine rings is 1. The van der Waals surface area contributed by atoms with Crippen molar-refractivity contribution in [2.24, 2.45) is 5.92 Å². The number of aryl methyl sites for hydroxylation is 1. The number of aromatic nitrogens is 3. The molecule has 8 heteroatoms. The van der Waals surface area contributed by atoms with Gasteiger partial charge in [0.15, 0.2) is 0 Å². The van der Waals surface area contributed by atoms with Crippen LogP contribution in [0.4, 0.5) is 11.6 Å². The molecule has 2 N–H and O–H groups in total. The fraction of sp³-hybridized carbons (Fsp3) is 0.333. The fourth-order valence-electron chi connectivity index (χ4n) is 5.35. The molecule has 2 aliphatic heterocycles. The molecule has 8 nitrogen and oxygen atoms in total. The van der Waals surface area contributed by atoms with Gasteiger partial charge in [-0.25, -0.2) is 15.0 Å². The molecule has 6 rings (SSSR count). The van der Waals surface area contributed by atoms with E-state index in [1.54, 1.807) is 12.4 Å². The predicted molar refractivity (Wildman–Crippen MR) is 150 cm³/mol. The first-order valence-corrected chi connectivity index (χ1v) is 13.4. The van der Waals surface area contributed by atoms with Gasteiger partial charge in [-0.3, -0.25) is 4.79 Å². The van der Waals surface area contributed by atoms with Crippen LogP contribution in [-0.4, -0.2) is 46.5 Å². The molecule has 2 aliphatic rings. The average molecular weight is 509 g/mol. The van der Waals surface area contributed by atoms with E-state index >= 15 is 0 Å². The number of carbonyl (C=O) groups excluding carboxylic acids is 1. The number of hydrogen-bond donors (Lipinski definition) is 2. The Labute approximate surface area is 222 Å². The van der Waals surface area contributed by atoms with Gasteiger partial charge in [0.25, 0.3) is 0 Å². The van der Waals surface area contributed by atoms with E-state index in [2.05, 4.69) is 26.7 Å².